The van der Waals surface area contributed by atoms with Crippen LogP contribution in [-0.2, 0) is 19.5 Å². The molecule has 0 bridgehead atoms. The van der Waals surface area contributed by atoms with E-state index in [-0.39, 0.29) is 29.0 Å². The van der Waals surface area contributed by atoms with Crippen LogP contribution in [-0.4, -0.2) is 69.3 Å². The van der Waals surface area contributed by atoms with Crippen LogP contribution in [0.4, 0.5) is 4.79 Å². The second-order valence-corrected chi connectivity index (χ2v) is 12.1. The number of carbonyl (C=O) groups is 2. The second-order valence-electron chi connectivity index (χ2n) is 10.4. The Balaban J connectivity index is 1.47. The zero-order valence-corrected chi connectivity index (χ0v) is 21.9. The summed E-state index contributed by atoms with van der Waals surface area (Å²) in [5.74, 6) is -0.218. The first-order valence-electron chi connectivity index (χ1n) is 12.4. The summed E-state index contributed by atoms with van der Waals surface area (Å²) in [6, 6.07) is 9.87. The van der Waals surface area contributed by atoms with Crippen LogP contribution >= 0.6 is 0 Å². The molecule has 2 aliphatic heterocycles. The van der Waals surface area contributed by atoms with Gasteiger partial charge >= 0.3 is 6.09 Å². The van der Waals surface area contributed by atoms with Gasteiger partial charge in [-0.1, -0.05) is 24.3 Å². The number of piperidine rings is 1. The van der Waals surface area contributed by atoms with Gasteiger partial charge < -0.3 is 19.7 Å². The first-order valence-corrected chi connectivity index (χ1v) is 13.9. The number of hydrogen-bond donors (Lipinski definition) is 2. The first kappa shape index (κ1) is 26.4. The van der Waals surface area contributed by atoms with Gasteiger partial charge in [-0.3, -0.25) is 4.79 Å². The zero-order chi connectivity index (χ0) is 25.9. The highest BCUT2D eigenvalue weighted by Crippen LogP contribution is 2.28. The lowest BCUT2D eigenvalue weighted by molar-refractivity contribution is 0.0203. The third kappa shape index (κ3) is 6.35. The van der Waals surface area contributed by atoms with Gasteiger partial charge in [0.25, 0.3) is 5.91 Å². The van der Waals surface area contributed by atoms with Gasteiger partial charge in [-0.05, 0) is 64.0 Å². The Hall–Kier alpha value is -2.69. The number of hydrogen-bond acceptors (Lipinski definition) is 6. The third-order valence-corrected chi connectivity index (χ3v) is 8.02. The molecule has 2 aliphatic rings. The van der Waals surface area contributed by atoms with Gasteiger partial charge in [0.1, 0.15) is 5.60 Å². The number of sulfonamides is 1. The van der Waals surface area contributed by atoms with Crippen molar-refractivity contribution in [2.45, 2.75) is 69.0 Å². The van der Waals surface area contributed by atoms with E-state index in [2.05, 4.69) is 10.0 Å². The molecule has 2 aromatic carbocycles. The van der Waals surface area contributed by atoms with Crippen LogP contribution in [0.5, 0.6) is 0 Å². The van der Waals surface area contributed by atoms with Crippen molar-refractivity contribution in [1.82, 2.24) is 14.9 Å². The van der Waals surface area contributed by atoms with Crippen LogP contribution < -0.4 is 10.0 Å². The standard InChI is InChI=1S/C26H35N3O6S/c1-26(2,3)35-25(31)29-14-10-19(11-15-29)28-36(32,33)23-9-8-22(20-6-4-5-7-21(20)23)24(30)27-18-12-16-34-17-13-18/h4-9,18-19,28H,10-17H2,1-3H3,(H,27,30). The highest BCUT2D eigenvalue weighted by molar-refractivity contribution is 7.89. The maximum absolute atomic E-state index is 13.4. The normalized spacial score (nSPS) is 18.2. The molecule has 2 N–H and O–H groups in total. The Morgan fingerprint density at radius 3 is 2.22 bits per heavy atom. The van der Waals surface area contributed by atoms with E-state index in [1.807, 2.05) is 20.8 Å². The molecule has 10 heteroatoms. The van der Waals surface area contributed by atoms with Crippen molar-refractivity contribution in [3.8, 4) is 0 Å². The lowest BCUT2D eigenvalue weighted by Gasteiger charge is -2.33. The van der Waals surface area contributed by atoms with Crippen LogP contribution in [0.2, 0.25) is 0 Å². The maximum Gasteiger partial charge on any atom is 0.410 e. The lowest BCUT2D eigenvalue weighted by atomic mass is 10.0. The van der Waals surface area contributed by atoms with Crippen LogP contribution in [0.1, 0.15) is 56.8 Å². The van der Waals surface area contributed by atoms with Gasteiger partial charge in [0.15, 0.2) is 0 Å². The summed E-state index contributed by atoms with van der Waals surface area (Å²) in [5, 5.41) is 4.14. The molecule has 0 saturated carbocycles. The van der Waals surface area contributed by atoms with Crippen LogP contribution in [0.25, 0.3) is 10.8 Å². The predicted octanol–water partition coefficient (Wildman–Crippen LogP) is 3.43. The SMILES string of the molecule is CC(C)(C)OC(=O)N1CCC(NS(=O)(=O)c2ccc(C(=O)NC3CCOCC3)c3ccccc23)CC1. The maximum atomic E-state index is 13.4. The molecule has 9 nitrogen and oxygen atoms in total. The Bertz CT molecular complexity index is 1210. The molecular formula is C26H35N3O6S. The van der Waals surface area contributed by atoms with Gasteiger partial charge in [0.05, 0.1) is 4.90 Å². The van der Waals surface area contributed by atoms with Gasteiger partial charge in [-0.25, -0.2) is 17.9 Å². The molecule has 0 aliphatic carbocycles. The Kier molecular flexibility index (Phi) is 7.87. The van der Waals surface area contributed by atoms with Crippen LogP contribution in [0.15, 0.2) is 41.3 Å². The number of nitrogens with zero attached hydrogens (tertiary/aromatic N) is 1. The number of carbonyl (C=O) groups excluding carboxylic acids is 2. The minimum absolute atomic E-state index is 0.0432. The van der Waals surface area contributed by atoms with Crippen LogP contribution in [0.3, 0.4) is 0 Å². The van der Waals surface area contributed by atoms with Crippen molar-refractivity contribution in [3.63, 3.8) is 0 Å². The number of ether oxygens (including phenoxy) is 2. The van der Waals surface area contributed by atoms with Crippen molar-refractivity contribution in [2.75, 3.05) is 26.3 Å². The van der Waals surface area contributed by atoms with E-state index >= 15 is 0 Å². The number of nitrogens with one attached hydrogen (secondary N) is 2. The fourth-order valence-corrected chi connectivity index (χ4v) is 6.11. The van der Waals surface area contributed by atoms with E-state index in [1.165, 1.54) is 6.07 Å². The summed E-state index contributed by atoms with van der Waals surface area (Å²) in [4.78, 5) is 27.1. The van der Waals surface area contributed by atoms with Crippen molar-refractivity contribution >= 4 is 32.8 Å². The summed E-state index contributed by atoms with van der Waals surface area (Å²) >= 11 is 0. The number of fused-ring (bicyclic) bond motifs is 1. The molecular weight excluding hydrogens is 482 g/mol. The quantitative estimate of drug-likeness (QED) is 0.628. The lowest BCUT2D eigenvalue weighted by Crippen LogP contribution is -2.47. The van der Waals surface area contributed by atoms with E-state index in [4.69, 9.17) is 9.47 Å². The topological polar surface area (TPSA) is 114 Å². The largest absolute Gasteiger partial charge is 0.444 e. The molecule has 0 unspecified atom stereocenters. The molecule has 0 spiro atoms. The predicted molar refractivity (Wildman–Crippen MR) is 136 cm³/mol. The summed E-state index contributed by atoms with van der Waals surface area (Å²) in [5.41, 5.74) is -0.133. The van der Waals surface area contributed by atoms with Gasteiger partial charge in [0.2, 0.25) is 10.0 Å². The van der Waals surface area contributed by atoms with E-state index in [0.717, 1.165) is 12.8 Å². The molecule has 0 radical (unpaired) electrons. The van der Waals surface area contributed by atoms with E-state index < -0.39 is 15.6 Å². The highest BCUT2D eigenvalue weighted by atomic mass is 32.2. The molecule has 2 heterocycles. The molecule has 2 aromatic rings. The number of rotatable bonds is 5. The van der Waals surface area contributed by atoms with E-state index in [9.17, 15) is 18.0 Å². The molecule has 4 rings (SSSR count). The summed E-state index contributed by atoms with van der Waals surface area (Å²) in [7, 11) is -3.86. The molecule has 196 valence electrons. The van der Waals surface area contributed by atoms with Gasteiger partial charge in [-0.2, -0.15) is 0 Å². The Morgan fingerprint density at radius 2 is 1.58 bits per heavy atom. The van der Waals surface area contributed by atoms with Crippen molar-refractivity contribution in [2.24, 2.45) is 0 Å². The minimum Gasteiger partial charge on any atom is -0.444 e. The van der Waals surface area contributed by atoms with Crippen molar-refractivity contribution in [3.05, 3.63) is 42.0 Å². The Morgan fingerprint density at radius 1 is 0.944 bits per heavy atom. The minimum atomic E-state index is -3.86. The number of benzene rings is 2. The average Bonchev–Trinajstić information content (AvgIpc) is 2.83. The summed E-state index contributed by atoms with van der Waals surface area (Å²) in [6.45, 7) is 7.50. The van der Waals surface area contributed by atoms with Crippen LogP contribution in [0, 0.1) is 0 Å². The number of amides is 2. The molecule has 2 fully saturated rings. The van der Waals surface area contributed by atoms with Gasteiger partial charge in [-0.15, -0.1) is 0 Å². The average molecular weight is 518 g/mol. The number of likely N-dealkylation sites (tertiary alicyclic amines) is 1. The van der Waals surface area contributed by atoms with Crippen molar-refractivity contribution in [1.29, 1.82) is 0 Å². The van der Waals surface area contributed by atoms with E-state index in [1.54, 1.807) is 35.2 Å². The Labute approximate surface area is 212 Å². The van der Waals surface area contributed by atoms with Gasteiger partial charge in [0, 0.05) is 49.3 Å². The fourth-order valence-electron chi connectivity index (χ4n) is 4.60. The monoisotopic (exact) mass is 517 g/mol. The smallest absolute Gasteiger partial charge is 0.410 e. The van der Waals surface area contributed by atoms with E-state index in [0.29, 0.717) is 55.5 Å². The second kappa shape index (κ2) is 10.7. The first-order chi connectivity index (χ1) is 17.0. The summed E-state index contributed by atoms with van der Waals surface area (Å²) < 4.78 is 40.4. The molecule has 2 saturated heterocycles. The molecule has 0 atom stereocenters. The molecule has 0 aromatic heterocycles. The van der Waals surface area contributed by atoms with Crippen molar-refractivity contribution < 1.29 is 27.5 Å². The molecule has 36 heavy (non-hydrogen) atoms. The summed E-state index contributed by atoms with van der Waals surface area (Å²) in [6.07, 6.45) is 2.10. The zero-order valence-electron chi connectivity index (χ0n) is 21.1. The fraction of sp³-hybridized carbons (Fsp3) is 0.538. The highest BCUT2D eigenvalue weighted by Gasteiger charge is 2.30. The third-order valence-electron chi connectivity index (χ3n) is 6.44. The molecule has 2 amide bonds.